The summed E-state index contributed by atoms with van der Waals surface area (Å²) in [5.74, 6) is 0.547. The minimum atomic E-state index is -3.89. The van der Waals surface area contributed by atoms with E-state index in [1.54, 1.807) is 7.05 Å². The molecule has 0 N–H and O–H groups in total. The number of hydrogen-bond acceptors (Lipinski definition) is 4. The molecule has 7 heteroatoms. The predicted molar refractivity (Wildman–Crippen MR) is 80.8 cm³/mol. The second kappa shape index (κ2) is 5.13. The summed E-state index contributed by atoms with van der Waals surface area (Å²) in [7, 11) is 3.03. The molecule has 2 aromatic carbocycles. The maximum Gasteiger partial charge on any atom is 0.296 e. The second-order valence-electron chi connectivity index (χ2n) is 4.71. The number of aromatic nitrogens is 3. The Hall–Kier alpha value is -1.92. The molecular weight excluding hydrogens is 310 g/mol. The van der Waals surface area contributed by atoms with Crippen molar-refractivity contribution in [2.45, 2.75) is 11.6 Å². The summed E-state index contributed by atoms with van der Waals surface area (Å²) in [4.78, 5) is 0. The average Bonchev–Trinajstić information content (AvgIpc) is 2.81. The van der Waals surface area contributed by atoms with Crippen molar-refractivity contribution in [1.29, 1.82) is 0 Å². The van der Waals surface area contributed by atoms with Crippen LogP contribution in [-0.4, -0.2) is 23.2 Å². The van der Waals surface area contributed by atoms with E-state index in [1.165, 1.54) is 4.57 Å². The number of rotatable bonds is 3. The van der Waals surface area contributed by atoms with Crippen LogP contribution in [0, 0.1) is 0 Å². The molecule has 21 heavy (non-hydrogen) atoms. The van der Waals surface area contributed by atoms with Crippen molar-refractivity contribution in [3.05, 3.63) is 53.9 Å². The third kappa shape index (κ3) is 2.64. The summed E-state index contributed by atoms with van der Waals surface area (Å²) < 4.78 is 24.2. The quantitative estimate of drug-likeness (QED) is 0.695. The molecule has 1 heterocycles. The third-order valence-corrected chi connectivity index (χ3v) is 4.58. The normalized spacial score (nSPS) is 11.9. The Balaban J connectivity index is 2.06. The molecule has 0 bridgehead atoms. The van der Waals surface area contributed by atoms with Crippen molar-refractivity contribution in [2.24, 2.45) is 7.05 Å². The first-order chi connectivity index (χ1) is 9.97. The molecule has 0 aliphatic rings. The van der Waals surface area contributed by atoms with Crippen LogP contribution in [0.1, 0.15) is 11.4 Å². The minimum absolute atomic E-state index is 0.237. The molecule has 0 atom stereocenters. The maximum atomic E-state index is 11.4. The van der Waals surface area contributed by atoms with Crippen molar-refractivity contribution in [2.75, 3.05) is 0 Å². The molecule has 0 saturated carbocycles. The lowest BCUT2D eigenvalue weighted by atomic mass is 10.0. The first-order valence-electron chi connectivity index (χ1n) is 6.26. The molecule has 0 radical (unpaired) electrons. The number of benzene rings is 2. The van der Waals surface area contributed by atoms with E-state index in [9.17, 15) is 8.42 Å². The van der Waals surface area contributed by atoms with E-state index in [-0.39, 0.29) is 5.16 Å². The van der Waals surface area contributed by atoms with E-state index < -0.39 is 9.05 Å². The Morgan fingerprint density at radius 1 is 1.10 bits per heavy atom. The minimum Gasteiger partial charge on any atom is -0.304 e. The highest BCUT2D eigenvalue weighted by Gasteiger charge is 2.20. The highest BCUT2D eigenvalue weighted by Crippen LogP contribution is 2.21. The number of hydrogen-bond donors (Lipinski definition) is 0. The van der Waals surface area contributed by atoms with Crippen LogP contribution in [0.25, 0.3) is 10.8 Å². The first kappa shape index (κ1) is 14.0. The van der Waals surface area contributed by atoms with Crippen LogP contribution in [0.4, 0.5) is 0 Å². The van der Waals surface area contributed by atoms with Crippen molar-refractivity contribution in [3.63, 3.8) is 0 Å². The molecule has 108 valence electrons. The van der Waals surface area contributed by atoms with Crippen molar-refractivity contribution in [3.8, 4) is 0 Å². The SMILES string of the molecule is Cn1c(Cc2cccc3ccccc23)nnc1S(=O)(=O)Cl. The van der Waals surface area contributed by atoms with Crippen molar-refractivity contribution >= 4 is 30.5 Å². The maximum absolute atomic E-state index is 11.4. The molecule has 5 nitrogen and oxygen atoms in total. The Morgan fingerprint density at radius 3 is 2.52 bits per heavy atom. The molecule has 1 aromatic heterocycles. The molecule has 3 aromatic rings. The van der Waals surface area contributed by atoms with Gasteiger partial charge in [-0.1, -0.05) is 42.5 Å². The van der Waals surface area contributed by atoms with Gasteiger partial charge in [-0.15, -0.1) is 10.2 Å². The zero-order valence-corrected chi connectivity index (χ0v) is 12.8. The van der Waals surface area contributed by atoms with Gasteiger partial charge in [-0.3, -0.25) is 0 Å². The monoisotopic (exact) mass is 321 g/mol. The van der Waals surface area contributed by atoms with Gasteiger partial charge in [-0.25, -0.2) is 8.42 Å². The lowest BCUT2D eigenvalue weighted by Gasteiger charge is -2.06. The van der Waals surface area contributed by atoms with Gasteiger partial charge in [0, 0.05) is 24.2 Å². The first-order valence-corrected chi connectivity index (χ1v) is 8.57. The molecule has 0 aliphatic heterocycles. The summed E-state index contributed by atoms with van der Waals surface area (Å²) >= 11 is 0. The van der Waals surface area contributed by atoms with E-state index in [4.69, 9.17) is 10.7 Å². The van der Waals surface area contributed by atoms with Crippen molar-refractivity contribution < 1.29 is 8.42 Å². The van der Waals surface area contributed by atoms with E-state index in [0.717, 1.165) is 16.3 Å². The fourth-order valence-electron chi connectivity index (χ4n) is 2.33. The Labute approximate surface area is 126 Å². The third-order valence-electron chi connectivity index (χ3n) is 3.37. The summed E-state index contributed by atoms with van der Waals surface area (Å²) in [6.07, 6.45) is 0.483. The second-order valence-corrected chi connectivity index (χ2v) is 7.17. The lowest BCUT2D eigenvalue weighted by Crippen LogP contribution is -2.05. The fourth-order valence-corrected chi connectivity index (χ4v) is 3.30. The van der Waals surface area contributed by atoms with Crippen LogP contribution in [0.3, 0.4) is 0 Å². The molecule has 0 saturated heterocycles. The van der Waals surface area contributed by atoms with Crippen LogP contribution in [0.2, 0.25) is 0 Å². The highest BCUT2D eigenvalue weighted by atomic mass is 35.7. The smallest absolute Gasteiger partial charge is 0.296 e. The summed E-state index contributed by atoms with van der Waals surface area (Å²) in [6, 6.07) is 14.0. The zero-order chi connectivity index (χ0) is 15.0. The molecule has 0 spiro atoms. The molecule has 0 aliphatic carbocycles. The van der Waals surface area contributed by atoms with Crippen molar-refractivity contribution in [1.82, 2.24) is 14.8 Å². The van der Waals surface area contributed by atoms with Gasteiger partial charge >= 0.3 is 0 Å². The average molecular weight is 322 g/mol. The van der Waals surface area contributed by atoms with Crippen LogP contribution >= 0.6 is 10.7 Å². The molecule has 3 rings (SSSR count). The van der Waals surface area contributed by atoms with Gasteiger partial charge < -0.3 is 4.57 Å². The lowest BCUT2D eigenvalue weighted by molar-refractivity contribution is 0.591. The summed E-state index contributed by atoms with van der Waals surface area (Å²) in [5.41, 5.74) is 1.06. The largest absolute Gasteiger partial charge is 0.304 e. The van der Waals surface area contributed by atoms with Gasteiger partial charge in [-0.05, 0) is 16.3 Å². The van der Waals surface area contributed by atoms with Gasteiger partial charge in [0.15, 0.2) is 0 Å². The van der Waals surface area contributed by atoms with E-state index in [1.807, 2.05) is 42.5 Å². The molecule has 0 fully saturated rings. The molecule has 0 amide bonds. The summed E-state index contributed by atoms with van der Waals surface area (Å²) in [6.45, 7) is 0. The van der Waals surface area contributed by atoms with Crippen LogP contribution < -0.4 is 0 Å². The number of halogens is 1. The molecular formula is C14H12ClN3O2S. The molecule has 0 unspecified atom stereocenters. The van der Waals surface area contributed by atoms with E-state index in [0.29, 0.717) is 12.2 Å². The summed E-state index contributed by atoms with van der Waals surface area (Å²) in [5, 5.41) is 9.59. The van der Waals surface area contributed by atoms with Crippen LogP contribution in [0.15, 0.2) is 47.6 Å². The van der Waals surface area contributed by atoms with Gasteiger partial charge in [-0.2, -0.15) is 0 Å². The Bertz CT molecular complexity index is 914. The van der Waals surface area contributed by atoms with E-state index >= 15 is 0 Å². The number of fused-ring (bicyclic) bond motifs is 1. The number of nitrogens with zero attached hydrogens (tertiary/aromatic N) is 3. The van der Waals surface area contributed by atoms with E-state index in [2.05, 4.69) is 10.2 Å². The van der Waals surface area contributed by atoms with Gasteiger partial charge in [0.1, 0.15) is 5.82 Å². The van der Waals surface area contributed by atoms with Crippen LogP contribution in [-0.2, 0) is 22.5 Å². The standard InChI is InChI=1S/C14H12ClN3O2S/c1-18-13(16-17-14(18)21(15,19)20)9-11-7-4-6-10-5-2-3-8-12(10)11/h2-8H,9H2,1H3. The fraction of sp³-hybridized carbons (Fsp3) is 0.143. The Kier molecular flexibility index (Phi) is 3.43. The Morgan fingerprint density at radius 2 is 1.81 bits per heavy atom. The predicted octanol–water partition coefficient (Wildman–Crippen LogP) is 2.49. The van der Waals surface area contributed by atoms with Crippen LogP contribution in [0.5, 0.6) is 0 Å². The van der Waals surface area contributed by atoms with Gasteiger partial charge in [0.2, 0.25) is 0 Å². The highest BCUT2D eigenvalue weighted by molar-refractivity contribution is 8.13. The van der Waals surface area contributed by atoms with Gasteiger partial charge in [0.05, 0.1) is 0 Å². The zero-order valence-electron chi connectivity index (χ0n) is 11.2. The van der Waals surface area contributed by atoms with Gasteiger partial charge in [0.25, 0.3) is 14.2 Å². The topological polar surface area (TPSA) is 64.8 Å².